The summed E-state index contributed by atoms with van der Waals surface area (Å²) in [7, 11) is 0. The summed E-state index contributed by atoms with van der Waals surface area (Å²) in [6.45, 7) is 6.46. The number of carbonyl (C=O) groups excluding carboxylic acids is 2. The first-order valence-corrected chi connectivity index (χ1v) is 3.02. The molecule has 0 spiro atoms. The molecule has 0 fully saturated rings. The number of ether oxygens (including phenoxy) is 2. The van der Waals surface area contributed by atoms with Gasteiger partial charge in [0.2, 0.25) is 5.76 Å². The highest BCUT2D eigenvalue weighted by molar-refractivity contribution is 5.88. The van der Waals surface area contributed by atoms with E-state index in [4.69, 9.17) is 0 Å². The average Bonchev–Trinajstić information content (AvgIpc) is 1.98. The lowest BCUT2D eigenvalue weighted by molar-refractivity contribution is -0.140. The number of hydrogen-bond acceptors (Lipinski definition) is 4. The predicted molar refractivity (Wildman–Crippen MR) is 41.0 cm³/mol. The minimum Gasteiger partial charge on any atom is -0.456 e. The van der Waals surface area contributed by atoms with Crippen LogP contribution in [0.3, 0.4) is 0 Å². The zero-order valence-electron chi connectivity index (χ0n) is 6.41. The van der Waals surface area contributed by atoms with Gasteiger partial charge in [-0.15, -0.1) is 0 Å². The Labute approximate surface area is 69.4 Å². The Morgan fingerprint density at radius 3 is 2.50 bits per heavy atom. The Morgan fingerprint density at radius 2 is 2.08 bits per heavy atom. The molecule has 0 heterocycles. The van der Waals surface area contributed by atoms with Gasteiger partial charge in [0.15, 0.2) is 0 Å². The summed E-state index contributed by atoms with van der Waals surface area (Å²) in [6, 6.07) is 0. The molecular weight excluding hydrogens is 162 g/mol. The molecule has 12 heavy (non-hydrogen) atoms. The van der Waals surface area contributed by atoms with Crippen LogP contribution in [0.15, 0.2) is 25.0 Å². The van der Waals surface area contributed by atoms with E-state index < -0.39 is 17.8 Å². The Bertz CT molecular complexity index is 221. The van der Waals surface area contributed by atoms with Gasteiger partial charge in [0.05, 0.1) is 0 Å². The van der Waals surface area contributed by atoms with Crippen molar-refractivity contribution in [3.05, 3.63) is 25.0 Å². The van der Waals surface area contributed by atoms with Crippen LogP contribution >= 0.6 is 0 Å². The topological polar surface area (TPSA) is 78.6 Å². The van der Waals surface area contributed by atoms with Crippen molar-refractivity contribution >= 4 is 12.1 Å². The molecule has 0 aliphatic rings. The molecule has 66 valence electrons. The second-order valence-electron chi connectivity index (χ2n) is 1.73. The van der Waals surface area contributed by atoms with Crippen molar-refractivity contribution in [3.8, 4) is 0 Å². The molecule has 2 N–H and O–H groups in total. The molecule has 0 aromatic heterocycles. The highest BCUT2D eigenvalue weighted by atomic mass is 16.6. The Morgan fingerprint density at radius 1 is 1.50 bits per heavy atom. The summed E-state index contributed by atoms with van der Waals surface area (Å²) < 4.78 is 8.61. The van der Waals surface area contributed by atoms with Crippen molar-refractivity contribution in [2.24, 2.45) is 5.73 Å². The number of nitrogens with two attached hydrogens (primary N) is 1. The van der Waals surface area contributed by atoms with E-state index in [1.54, 1.807) is 0 Å². The molecule has 0 rings (SSSR count). The molecule has 0 aliphatic heterocycles. The third-order valence-electron chi connectivity index (χ3n) is 0.784. The van der Waals surface area contributed by atoms with Crippen LogP contribution < -0.4 is 5.73 Å². The second-order valence-corrected chi connectivity index (χ2v) is 1.73. The largest absolute Gasteiger partial charge is 0.456 e. The maximum absolute atomic E-state index is 10.7. The third-order valence-corrected chi connectivity index (χ3v) is 0.784. The lowest BCUT2D eigenvalue weighted by atomic mass is 10.5. The number of rotatable bonds is 4. The van der Waals surface area contributed by atoms with Gasteiger partial charge < -0.3 is 15.2 Å². The standard InChI is InChI=1S/C7H9NO4/c1-3-4-11-6(9)5(2)12-7(8)10/h3H,1-2,4H2,(H2,8,10). The molecule has 0 unspecified atom stereocenters. The van der Waals surface area contributed by atoms with Crippen LogP contribution in [0, 0.1) is 0 Å². The molecule has 0 radical (unpaired) electrons. The molecule has 0 aromatic carbocycles. The predicted octanol–water partition coefficient (Wildman–Crippen LogP) is 0.325. The van der Waals surface area contributed by atoms with Crippen molar-refractivity contribution in [2.75, 3.05) is 6.61 Å². The highest BCUT2D eigenvalue weighted by Crippen LogP contribution is 1.96. The van der Waals surface area contributed by atoms with E-state index in [-0.39, 0.29) is 6.61 Å². The van der Waals surface area contributed by atoms with E-state index in [0.717, 1.165) is 0 Å². The summed E-state index contributed by atoms with van der Waals surface area (Å²) in [6.07, 6.45) is 0.269. The van der Waals surface area contributed by atoms with Crippen LogP contribution in [0.4, 0.5) is 4.79 Å². The number of primary amides is 1. The van der Waals surface area contributed by atoms with Gasteiger partial charge in [-0.05, 0) is 6.58 Å². The summed E-state index contributed by atoms with van der Waals surface area (Å²) in [5, 5.41) is 0. The molecule has 1 amide bonds. The third kappa shape index (κ3) is 4.10. The van der Waals surface area contributed by atoms with Crippen molar-refractivity contribution in [3.63, 3.8) is 0 Å². The molecular formula is C7H9NO4. The van der Waals surface area contributed by atoms with Gasteiger partial charge in [-0.2, -0.15) is 0 Å². The summed E-state index contributed by atoms with van der Waals surface area (Å²) in [5.74, 6) is -1.28. The fourth-order valence-electron chi connectivity index (χ4n) is 0.378. The van der Waals surface area contributed by atoms with Crippen LogP contribution in [-0.2, 0) is 14.3 Å². The maximum atomic E-state index is 10.7. The first-order valence-electron chi connectivity index (χ1n) is 3.02. The monoisotopic (exact) mass is 171 g/mol. The van der Waals surface area contributed by atoms with Crippen LogP contribution in [-0.4, -0.2) is 18.7 Å². The number of amides is 1. The van der Waals surface area contributed by atoms with Crippen LogP contribution in [0.1, 0.15) is 0 Å². The van der Waals surface area contributed by atoms with Crippen molar-refractivity contribution in [2.45, 2.75) is 0 Å². The fourth-order valence-corrected chi connectivity index (χ4v) is 0.378. The first-order chi connectivity index (χ1) is 5.57. The maximum Gasteiger partial charge on any atom is 0.410 e. The van der Waals surface area contributed by atoms with Crippen molar-refractivity contribution < 1.29 is 19.1 Å². The van der Waals surface area contributed by atoms with E-state index in [9.17, 15) is 9.59 Å². The van der Waals surface area contributed by atoms with Gasteiger partial charge in [-0.25, -0.2) is 9.59 Å². The fraction of sp³-hybridized carbons (Fsp3) is 0.143. The van der Waals surface area contributed by atoms with Crippen LogP contribution in [0.5, 0.6) is 0 Å². The zero-order valence-corrected chi connectivity index (χ0v) is 6.41. The Balaban J connectivity index is 3.85. The molecule has 0 aliphatic carbocycles. The lowest BCUT2D eigenvalue weighted by Crippen LogP contribution is -2.18. The SMILES string of the molecule is C=CCOC(=O)C(=C)OC(N)=O. The van der Waals surface area contributed by atoms with E-state index in [1.165, 1.54) is 6.08 Å². The van der Waals surface area contributed by atoms with E-state index in [1.807, 2.05) is 0 Å². The molecule has 0 bridgehead atoms. The van der Waals surface area contributed by atoms with Crippen molar-refractivity contribution in [1.29, 1.82) is 0 Å². The first kappa shape index (κ1) is 10.2. The highest BCUT2D eigenvalue weighted by Gasteiger charge is 2.11. The van der Waals surface area contributed by atoms with Gasteiger partial charge in [-0.3, -0.25) is 0 Å². The van der Waals surface area contributed by atoms with Gasteiger partial charge in [-0.1, -0.05) is 12.7 Å². The van der Waals surface area contributed by atoms with Crippen LogP contribution in [0.2, 0.25) is 0 Å². The zero-order chi connectivity index (χ0) is 9.56. The summed E-state index contributed by atoms with van der Waals surface area (Å²) in [5.41, 5.74) is 4.61. The molecule has 0 saturated heterocycles. The normalized spacial score (nSPS) is 8.33. The Kier molecular flexibility index (Phi) is 4.21. The smallest absolute Gasteiger partial charge is 0.410 e. The van der Waals surface area contributed by atoms with Crippen molar-refractivity contribution in [1.82, 2.24) is 0 Å². The number of esters is 1. The number of carbonyl (C=O) groups is 2. The van der Waals surface area contributed by atoms with Gasteiger partial charge in [0, 0.05) is 0 Å². The number of hydrogen-bond donors (Lipinski definition) is 1. The second kappa shape index (κ2) is 4.95. The molecule has 0 saturated carbocycles. The summed E-state index contributed by atoms with van der Waals surface area (Å²) in [4.78, 5) is 20.8. The molecule has 5 nitrogen and oxygen atoms in total. The van der Waals surface area contributed by atoms with E-state index >= 15 is 0 Å². The van der Waals surface area contributed by atoms with E-state index in [0.29, 0.717) is 0 Å². The quantitative estimate of drug-likeness (QED) is 0.286. The lowest BCUT2D eigenvalue weighted by Gasteiger charge is -2.02. The molecule has 5 heteroatoms. The minimum atomic E-state index is -1.10. The molecule has 0 aromatic rings. The van der Waals surface area contributed by atoms with E-state index in [2.05, 4.69) is 28.4 Å². The van der Waals surface area contributed by atoms with Gasteiger partial charge >= 0.3 is 12.1 Å². The molecule has 0 atom stereocenters. The van der Waals surface area contributed by atoms with Gasteiger partial charge in [0.1, 0.15) is 6.61 Å². The Hall–Kier alpha value is -1.78. The van der Waals surface area contributed by atoms with Crippen LogP contribution in [0.25, 0.3) is 0 Å². The minimum absolute atomic E-state index is 0.0278. The van der Waals surface area contributed by atoms with Gasteiger partial charge in [0.25, 0.3) is 0 Å². The summed E-state index contributed by atoms with van der Waals surface area (Å²) >= 11 is 0. The average molecular weight is 171 g/mol.